The van der Waals surface area contributed by atoms with E-state index in [-0.39, 0.29) is 24.7 Å². The Morgan fingerprint density at radius 3 is 2.21 bits per heavy atom. The van der Waals surface area contributed by atoms with Crippen LogP contribution in [-0.4, -0.2) is 47.9 Å². The first-order valence-corrected chi connectivity index (χ1v) is 10.2. The van der Waals surface area contributed by atoms with Gasteiger partial charge in [-0.3, -0.25) is 4.79 Å². The minimum atomic E-state index is -1.36. The quantitative estimate of drug-likeness (QED) is 0.183. The molecule has 1 saturated heterocycles. The van der Waals surface area contributed by atoms with E-state index >= 15 is 0 Å². The van der Waals surface area contributed by atoms with Gasteiger partial charge in [-0.05, 0) is 39.0 Å². The van der Waals surface area contributed by atoms with Crippen LogP contribution >= 0.6 is 0 Å². The zero-order valence-electron chi connectivity index (χ0n) is 17.2. The number of ether oxygens (including phenoxy) is 3. The molecule has 1 aliphatic heterocycles. The molecule has 0 aliphatic carbocycles. The number of epoxide rings is 1. The lowest BCUT2D eigenvalue weighted by Gasteiger charge is -2.31. The van der Waals surface area contributed by atoms with E-state index in [2.05, 4.69) is 13.5 Å². The van der Waals surface area contributed by atoms with E-state index in [9.17, 15) is 14.4 Å². The van der Waals surface area contributed by atoms with Gasteiger partial charge in [0, 0.05) is 12.0 Å². The first kappa shape index (κ1) is 24.1. The van der Waals surface area contributed by atoms with Crippen LogP contribution < -0.4 is 0 Å². The summed E-state index contributed by atoms with van der Waals surface area (Å²) < 4.78 is 16.1. The number of rotatable bonds is 16. The fourth-order valence-electron chi connectivity index (χ4n) is 2.90. The average molecular weight is 398 g/mol. The molecule has 1 heterocycles. The van der Waals surface area contributed by atoms with Gasteiger partial charge in [0.05, 0.1) is 6.61 Å². The molecule has 0 aromatic carbocycles. The van der Waals surface area contributed by atoms with Crippen LogP contribution in [0.3, 0.4) is 0 Å². The van der Waals surface area contributed by atoms with Crippen molar-refractivity contribution >= 4 is 17.9 Å². The van der Waals surface area contributed by atoms with Gasteiger partial charge in [-0.15, -0.1) is 0 Å². The summed E-state index contributed by atoms with van der Waals surface area (Å²) in [6.45, 7) is 7.97. The van der Waals surface area contributed by atoms with Crippen molar-refractivity contribution in [2.24, 2.45) is 0 Å². The van der Waals surface area contributed by atoms with Gasteiger partial charge in [0.1, 0.15) is 12.7 Å². The monoisotopic (exact) mass is 398 g/mol. The molecule has 28 heavy (non-hydrogen) atoms. The average Bonchev–Trinajstić information content (AvgIpc) is 3.46. The van der Waals surface area contributed by atoms with E-state index in [0.29, 0.717) is 38.7 Å². The third-order valence-corrected chi connectivity index (χ3v) is 4.72. The van der Waals surface area contributed by atoms with E-state index in [1.807, 2.05) is 0 Å². The molecule has 2 unspecified atom stereocenters. The second kappa shape index (κ2) is 12.5. The van der Waals surface area contributed by atoms with Gasteiger partial charge in [0.2, 0.25) is 5.60 Å². The Labute approximate surface area is 167 Å². The van der Waals surface area contributed by atoms with Crippen molar-refractivity contribution in [1.82, 2.24) is 0 Å². The van der Waals surface area contributed by atoms with Crippen LogP contribution in [-0.2, 0) is 28.6 Å². The highest BCUT2D eigenvalue weighted by Gasteiger charge is 2.44. The third-order valence-electron chi connectivity index (χ3n) is 4.72. The fraction of sp³-hybridized carbons (Fsp3) is 0.762. The minimum absolute atomic E-state index is 0.0749. The number of aliphatic carboxylic acids is 1. The van der Waals surface area contributed by atoms with Crippen LogP contribution in [0, 0.1) is 0 Å². The molecular weight excluding hydrogens is 364 g/mol. The van der Waals surface area contributed by atoms with Crippen LogP contribution in [0.25, 0.3) is 0 Å². The molecule has 160 valence electrons. The molecule has 0 radical (unpaired) electrons. The molecule has 7 nitrogen and oxygen atoms in total. The van der Waals surface area contributed by atoms with Gasteiger partial charge in [-0.2, -0.15) is 0 Å². The maximum Gasteiger partial charge on any atom is 0.350 e. The number of hydrogen-bond donors (Lipinski definition) is 1. The lowest BCUT2D eigenvalue weighted by Crippen LogP contribution is -2.45. The highest BCUT2D eigenvalue weighted by Crippen LogP contribution is 2.30. The lowest BCUT2D eigenvalue weighted by atomic mass is 9.89. The zero-order valence-corrected chi connectivity index (χ0v) is 17.2. The molecule has 2 atom stereocenters. The second-order valence-electron chi connectivity index (χ2n) is 7.48. The van der Waals surface area contributed by atoms with Gasteiger partial charge >= 0.3 is 17.9 Å². The topological polar surface area (TPSA) is 102 Å². The Hall–Kier alpha value is -1.89. The first-order chi connectivity index (χ1) is 13.3. The van der Waals surface area contributed by atoms with Crippen LogP contribution in [0.2, 0.25) is 0 Å². The molecule has 0 bridgehead atoms. The number of unbranched alkanes of at least 4 members (excludes halogenated alkanes) is 5. The molecule has 1 rings (SSSR count). The molecule has 1 aliphatic rings. The van der Waals surface area contributed by atoms with Crippen molar-refractivity contribution < 1.29 is 33.7 Å². The molecule has 0 amide bonds. The smallest absolute Gasteiger partial charge is 0.350 e. The first-order valence-electron chi connectivity index (χ1n) is 10.2. The van der Waals surface area contributed by atoms with E-state index < -0.39 is 23.5 Å². The molecule has 1 fully saturated rings. The Kier molecular flexibility index (Phi) is 10.8. The predicted octanol–water partition coefficient (Wildman–Crippen LogP) is 3.79. The zero-order chi connectivity index (χ0) is 21.0. The third kappa shape index (κ3) is 9.35. The normalized spacial score (nSPS) is 17.4. The largest absolute Gasteiger partial charge is 0.481 e. The van der Waals surface area contributed by atoms with Gasteiger partial charge < -0.3 is 19.3 Å². The number of carbonyl (C=O) groups is 3. The SMILES string of the molecule is C=C(C)C(=O)OC(CCCCCC)(CCCCCC(=O)O)C(=O)OCC1CO1. The Morgan fingerprint density at radius 2 is 1.71 bits per heavy atom. The number of hydrogen-bond acceptors (Lipinski definition) is 6. The summed E-state index contributed by atoms with van der Waals surface area (Å²) >= 11 is 0. The van der Waals surface area contributed by atoms with Gasteiger partial charge in [0.15, 0.2) is 0 Å². The van der Waals surface area contributed by atoms with Gasteiger partial charge in [-0.25, -0.2) is 9.59 Å². The van der Waals surface area contributed by atoms with E-state index in [1.54, 1.807) is 6.92 Å². The maximum atomic E-state index is 12.9. The van der Waals surface area contributed by atoms with Crippen LogP contribution in [0.4, 0.5) is 0 Å². The minimum Gasteiger partial charge on any atom is -0.481 e. The van der Waals surface area contributed by atoms with Crippen molar-refractivity contribution in [3.05, 3.63) is 12.2 Å². The summed E-state index contributed by atoms with van der Waals surface area (Å²) in [6, 6.07) is 0. The molecule has 0 saturated carbocycles. The Balaban J connectivity index is 2.82. The van der Waals surface area contributed by atoms with Crippen molar-refractivity contribution in [3.8, 4) is 0 Å². The molecule has 0 aromatic rings. The van der Waals surface area contributed by atoms with Gasteiger partial charge in [-0.1, -0.05) is 39.2 Å². The maximum absolute atomic E-state index is 12.9. The summed E-state index contributed by atoms with van der Waals surface area (Å²) in [4.78, 5) is 35.8. The van der Waals surface area contributed by atoms with E-state index in [4.69, 9.17) is 19.3 Å². The van der Waals surface area contributed by atoms with E-state index in [0.717, 1.165) is 25.7 Å². The predicted molar refractivity (Wildman–Crippen MR) is 104 cm³/mol. The molecular formula is C21H34O7. The Morgan fingerprint density at radius 1 is 1.11 bits per heavy atom. The van der Waals surface area contributed by atoms with E-state index in [1.165, 1.54) is 0 Å². The number of carbonyl (C=O) groups excluding carboxylic acids is 2. The number of carboxylic acids is 1. The molecule has 0 aromatic heterocycles. The molecule has 7 heteroatoms. The summed E-state index contributed by atoms with van der Waals surface area (Å²) in [5, 5.41) is 8.77. The summed E-state index contributed by atoms with van der Waals surface area (Å²) in [7, 11) is 0. The van der Waals surface area contributed by atoms with Crippen LogP contribution in [0.15, 0.2) is 12.2 Å². The Bertz CT molecular complexity index is 539. The number of carboxylic acid groups (broad SMARTS) is 1. The van der Waals surface area contributed by atoms with Crippen molar-refractivity contribution in [2.75, 3.05) is 13.2 Å². The molecule has 1 N–H and O–H groups in total. The van der Waals surface area contributed by atoms with Gasteiger partial charge in [0.25, 0.3) is 0 Å². The second-order valence-corrected chi connectivity index (χ2v) is 7.48. The standard InChI is InChI=1S/C21H34O7/c1-4-5-6-9-12-21(28-19(24)16(2)3,13-10-7-8-11-18(22)23)20(25)27-15-17-14-26-17/h17H,2,4-15H2,1,3H3,(H,22,23). The highest BCUT2D eigenvalue weighted by molar-refractivity contribution is 5.91. The van der Waals surface area contributed by atoms with Crippen LogP contribution in [0.5, 0.6) is 0 Å². The van der Waals surface area contributed by atoms with Crippen molar-refractivity contribution in [1.29, 1.82) is 0 Å². The summed E-state index contributed by atoms with van der Waals surface area (Å²) in [6.07, 6.45) is 6.17. The highest BCUT2D eigenvalue weighted by atomic mass is 16.6. The lowest BCUT2D eigenvalue weighted by molar-refractivity contribution is -0.183. The number of esters is 2. The summed E-state index contributed by atoms with van der Waals surface area (Å²) in [5.74, 6) is -2.00. The van der Waals surface area contributed by atoms with Crippen molar-refractivity contribution in [2.45, 2.75) is 89.8 Å². The summed E-state index contributed by atoms with van der Waals surface area (Å²) in [5.41, 5.74) is -1.14. The van der Waals surface area contributed by atoms with Crippen molar-refractivity contribution in [3.63, 3.8) is 0 Å². The van der Waals surface area contributed by atoms with Crippen LogP contribution in [0.1, 0.15) is 78.1 Å². The fourth-order valence-corrected chi connectivity index (χ4v) is 2.90. The molecule has 0 spiro atoms.